The lowest BCUT2D eigenvalue weighted by Gasteiger charge is -2.28. The fraction of sp³-hybridized carbons (Fsp3) is 0.312. The SMILES string of the molecule is CC(C)(C)[S+]([O-])NC(c1ccccc1)c1ccc(Br)cn1. The summed E-state index contributed by atoms with van der Waals surface area (Å²) in [6, 6.07) is 13.6. The Morgan fingerprint density at radius 1 is 1.14 bits per heavy atom. The number of benzene rings is 1. The summed E-state index contributed by atoms with van der Waals surface area (Å²) in [7, 11) is 0. The van der Waals surface area contributed by atoms with Crippen molar-refractivity contribution in [2.45, 2.75) is 31.6 Å². The van der Waals surface area contributed by atoms with Crippen LogP contribution in [-0.4, -0.2) is 14.3 Å². The van der Waals surface area contributed by atoms with Crippen LogP contribution < -0.4 is 4.72 Å². The number of halogens is 1. The highest BCUT2D eigenvalue weighted by Gasteiger charge is 2.30. The Hall–Kier alpha value is -0.880. The number of hydrogen-bond acceptors (Lipinski definition) is 3. The summed E-state index contributed by atoms with van der Waals surface area (Å²) >= 11 is 2.22. The third-order valence-electron chi connectivity index (χ3n) is 2.96. The minimum Gasteiger partial charge on any atom is -0.598 e. The van der Waals surface area contributed by atoms with E-state index in [4.69, 9.17) is 0 Å². The second-order valence-corrected chi connectivity index (χ2v) is 8.66. The minimum absolute atomic E-state index is 0.195. The van der Waals surface area contributed by atoms with Crippen molar-refractivity contribution in [2.24, 2.45) is 0 Å². The van der Waals surface area contributed by atoms with Gasteiger partial charge in [-0.1, -0.05) is 30.3 Å². The van der Waals surface area contributed by atoms with Gasteiger partial charge in [0.25, 0.3) is 0 Å². The first kappa shape index (κ1) is 16.5. The highest BCUT2D eigenvalue weighted by molar-refractivity contribution is 9.10. The molecule has 2 unspecified atom stereocenters. The van der Waals surface area contributed by atoms with Crippen molar-refractivity contribution >= 4 is 27.3 Å². The molecule has 112 valence electrons. The Morgan fingerprint density at radius 3 is 2.33 bits per heavy atom. The molecule has 0 saturated carbocycles. The highest BCUT2D eigenvalue weighted by Crippen LogP contribution is 2.25. The zero-order valence-corrected chi connectivity index (χ0v) is 14.7. The molecule has 21 heavy (non-hydrogen) atoms. The average Bonchev–Trinajstić information content (AvgIpc) is 2.45. The van der Waals surface area contributed by atoms with Crippen molar-refractivity contribution in [1.82, 2.24) is 9.71 Å². The molecule has 1 aromatic carbocycles. The van der Waals surface area contributed by atoms with E-state index in [1.54, 1.807) is 6.20 Å². The fourth-order valence-corrected chi connectivity index (χ4v) is 2.85. The van der Waals surface area contributed by atoms with E-state index in [2.05, 4.69) is 25.6 Å². The predicted molar refractivity (Wildman–Crippen MR) is 91.3 cm³/mol. The van der Waals surface area contributed by atoms with Gasteiger partial charge < -0.3 is 4.55 Å². The normalized spacial score (nSPS) is 14.7. The van der Waals surface area contributed by atoms with Gasteiger partial charge in [0.2, 0.25) is 0 Å². The lowest BCUT2D eigenvalue weighted by molar-refractivity contribution is 0.534. The molecule has 0 bridgehead atoms. The number of pyridine rings is 1. The molecule has 3 nitrogen and oxygen atoms in total. The van der Waals surface area contributed by atoms with Crippen LogP contribution in [0.15, 0.2) is 53.1 Å². The van der Waals surface area contributed by atoms with Gasteiger partial charge in [-0.25, -0.2) is 0 Å². The van der Waals surface area contributed by atoms with Crippen molar-refractivity contribution < 1.29 is 4.55 Å². The molecule has 0 amide bonds. The number of rotatable bonds is 4. The monoisotopic (exact) mass is 366 g/mol. The largest absolute Gasteiger partial charge is 0.598 e. The number of aromatic nitrogens is 1. The maximum atomic E-state index is 12.5. The van der Waals surface area contributed by atoms with E-state index in [9.17, 15) is 4.55 Å². The maximum Gasteiger partial charge on any atom is 0.136 e. The van der Waals surface area contributed by atoms with Crippen molar-refractivity contribution in [1.29, 1.82) is 0 Å². The van der Waals surface area contributed by atoms with E-state index < -0.39 is 11.4 Å². The third kappa shape index (κ3) is 4.54. The maximum absolute atomic E-state index is 12.5. The average molecular weight is 367 g/mol. The van der Waals surface area contributed by atoms with Crippen LogP contribution in [0.3, 0.4) is 0 Å². The first-order chi connectivity index (χ1) is 9.88. The van der Waals surface area contributed by atoms with Gasteiger partial charge in [-0.05, 0) is 54.4 Å². The summed E-state index contributed by atoms with van der Waals surface area (Å²) < 4.78 is 16.2. The molecule has 2 atom stereocenters. The Labute approximate surface area is 137 Å². The van der Waals surface area contributed by atoms with Crippen LogP contribution in [0.1, 0.15) is 38.1 Å². The quantitative estimate of drug-likeness (QED) is 0.832. The molecule has 2 rings (SSSR count). The van der Waals surface area contributed by atoms with E-state index in [0.717, 1.165) is 15.7 Å². The van der Waals surface area contributed by atoms with Gasteiger partial charge >= 0.3 is 0 Å². The molecule has 1 N–H and O–H groups in total. The lowest BCUT2D eigenvalue weighted by atomic mass is 10.0. The molecule has 0 fully saturated rings. The standard InChI is InChI=1S/C16H19BrN2OS/c1-16(2,3)21(20)19-15(12-7-5-4-6-8-12)14-10-9-13(17)11-18-14/h4-11,15,19H,1-3H3. The molecule has 2 aromatic rings. The Morgan fingerprint density at radius 2 is 1.81 bits per heavy atom. The van der Waals surface area contributed by atoms with Crippen LogP contribution >= 0.6 is 15.9 Å². The summed E-state index contributed by atoms with van der Waals surface area (Å²) in [5.41, 5.74) is 1.90. The highest BCUT2D eigenvalue weighted by atomic mass is 79.9. The molecule has 0 radical (unpaired) electrons. The van der Waals surface area contributed by atoms with Crippen LogP contribution in [0, 0.1) is 0 Å². The van der Waals surface area contributed by atoms with Gasteiger partial charge in [0, 0.05) is 22.0 Å². The fourth-order valence-electron chi connectivity index (χ4n) is 1.79. The Balaban J connectivity index is 2.33. The van der Waals surface area contributed by atoms with E-state index in [-0.39, 0.29) is 10.8 Å². The van der Waals surface area contributed by atoms with Crippen LogP contribution in [0.2, 0.25) is 0 Å². The van der Waals surface area contributed by atoms with Gasteiger partial charge in [-0.3, -0.25) is 4.98 Å². The molecular weight excluding hydrogens is 348 g/mol. The smallest absolute Gasteiger partial charge is 0.136 e. The second-order valence-electron chi connectivity index (χ2n) is 5.74. The molecule has 1 aromatic heterocycles. The topological polar surface area (TPSA) is 48.0 Å². The zero-order chi connectivity index (χ0) is 15.5. The summed E-state index contributed by atoms with van der Waals surface area (Å²) in [5.74, 6) is 0. The molecule has 5 heteroatoms. The zero-order valence-electron chi connectivity index (χ0n) is 12.3. The van der Waals surface area contributed by atoms with E-state index >= 15 is 0 Å². The summed E-state index contributed by atoms with van der Waals surface area (Å²) in [4.78, 5) is 4.45. The van der Waals surface area contributed by atoms with E-state index in [1.165, 1.54) is 0 Å². The van der Waals surface area contributed by atoms with Crippen molar-refractivity contribution in [3.05, 3.63) is 64.4 Å². The second kappa shape index (κ2) is 6.92. The third-order valence-corrected chi connectivity index (χ3v) is 4.99. The van der Waals surface area contributed by atoms with Gasteiger partial charge in [-0.2, -0.15) is 0 Å². The Bertz CT molecular complexity index is 569. The number of nitrogens with one attached hydrogen (secondary N) is 1. The van der Waals surface area contributed by atoms with Crippen LogP contribution in [-0.2, 0) is 11.4 Å². The van der Waals surface area contributed by atoms with Gasteiger partial charge in [0.05, 0.1) is 5.69 Å². The van der Waals surface area contributed by atoms with Crippen LogP contribution in [0.4, 0.5) is 0 Å². The molecule has 1 heterocycles. The number of hydrogen-bond donors (Lipinski definition) is 1. The summed E-state index contributed by atoms with van der Waals surface area (Å²) in [6.45, 7) is 5.85. The molecular formula is C16H19BrN2OS. The Kier molecular flexibility index (Phi) is 5.43. The first-order valence-corrected chi connectivity index (χ1v) is 8.66. The van der Waals surface area contributed by atoms with Gasteiger partial charge in [-0.15, -0.1) is 4.72 Å². The van der Waals surface area contributed by atoms with Gasteiger partial charge in [0.1, 0.15) is 10.8 Å². The molecule has 0 aliphatic heterocycles. The first-order valence-electron chi connectivity index (χ1n) is 6.72. The molecule has 0 saturated heterocycles. The lowest BCUT2D eigenvalue weighted by Crippen LogP contribution is -2.41. The van der Waals surface area contributed by atoms with Crippen molar-refractivity contribution in [3.63, 3.8) is 0 Å². The molecule has 0 aliphatic carbocycles. The predicted octanol–water partition coefficient (Wildman–Crippen LogP) is 3.99. The summed E-state index contributed by atoms with van der Waals surface area (Å²) in [5, 5.41) is 0. The molecule has 0 spiro atoms. The summed E-state index contributed by atoms with van der Waals surface area (Å²) in [6.07, 6.45) is 1.76. The molecule has 0 aliphatic rings. The van der Waals surface area contributed by atoms with Crippen LogP contribution in [0.5, 0.6) is 0 Å². The van der Waals surface area contributed by atoms with E-state index in [0.29, 0.717) is 0 Å². The van der Waals surface area contributed by atoms with Crippen molar-refractivity contribution in [2.75, 3.05) is 0 Å². The van der Waals surface area contributed by atoms with E-state index in [1.807, 2.05) is 63.2 Å². The van der Waals surface area contributed by atoms with Crippen LogP contribution in [0.25, 0.3) is 0 Å². The van der Waals surface area contributed by atoms with Crippen molar-refractivity contribution in [3.8, 4) is 0 Å². The number of nitrogens with zero attached hydrogens (tertiary/aromatic N) is 1. The van der Waals surface area contributed by atoms with Gasteiger partial charge in [0.15, 0.2) is 0 Å². The minimum atomic E-state index is -1.18.